The summed E-state index contributed by atoms with van der Waals surface area (Å²) >= 11 is 0. The highest BCUT2D eigenvalue weighted by molar-refractivity contribution is 5.83. The zero-order chi connectivity index (χ0) is 25.2. The van der Waals surface area contributed by atoms with Crippen LogP contribution in [0.2, 0.25) is 0 Å². The molecular weight excluding hydrogens is 452 g/mol. The summed E-state index contributed by atoms with van der Waals surface area (Å²) in [4.78, 5) is 18.4. The lowest BCUT2D eigenvalue weighted by atomic mass is 9.79. The zero-order valence-electron chi connectivity index (χ0n) is 21.3. The molecule has 2 atom stereocenters. The minimum absolute atomic E-state index is 0.260. The van der Waals surface area contributed by atoms with Crippen LogP contribution in [0, 0.1) is 11.8 Å². The first-order chi connectivity index (χ1) is 17.6. The number of piperidine rings is 1. The van der Waals surface area contributed by atoms with Crippen LogP contribution in [0.25, 0.3) is 10.9 Å². The summed E-state index contributed by atoms with van der Waals surface area (Å²) in [5.74, 6) is 1.20. The molecule has 1 aliphatic rings. The Hall–Kier alpha value is -3.06. The Morgan fingerprint density at radius 3 is 2.81 bits per heavy atom. The number of benzene rings is 1. The number of rotatable bonds is 13. The third-order valence-electron chi connectivity index (χ3n) is 7.55. The van der Waals surface area contributed by atoms with Crippen molar-refractivity contribution in [1.82, 2.24) is 20.1 Å². The van der Waals surface area contributed by atoms with Crippen LogP contribution in [0.15, 0.2) is 48.8 Å². The summed E-state index contributed by atoms with van der Waals surface area (Å²) in [6, 6.07) is 12.1. The molecule has 0 aliphatic carbocycles. The van der Waals surface area contributed by atoms with E-state index < -0.39 is 5.97 Å². The van der Waals surface area contributed by atoms with E-state index in [0.29, 0.717) is 11.8 Å². The summed E-state index contributed by atoms with van der Waals surface area (Å²) in [7, 11) is 1.69. The van der Waals surface area contributed by atoms with Gasteiger partial charge in [-0.3, -0.25) is 9.78 Å². The molecule has 2 aromatic heterocycles. The molecule has 36 heavy (non-hydrogen) atoms. The minimum Gasteiger partial charge on any atom is -0.497 e. The lowest BCUT2D eigenvalue weighted by molar-refractivity contribution is -0.137. The van der Waals surface area contributed by atoms with Gasteiger partial charge in [0, 0.05) is 30.7 Å². The van der Waals surface area contributed by atoms with Crippen LogP contribution >= 0.6 is 0 Å². The largest absolute Gasteiger partial charge is 0.497 e. The van der Waals surface area contributed by atoms with Gasteiger partial charge in [-0.25, -0.2) is 0 Å². The van der Waals surface area contributed by atoms with E-state index in [1.165, 1.54) is 5.56 Å². The predicted octanol–water partition coefficient (Wildman–Crippen LogP) is 5.18. The van der Waals surface area contributed by atoms with Crippen LogP contribution in [0.5, 0.6) is 5.75 Å². The number of carboxylic acid groups (broad SMARTS) is 1. The Morgan fingerprint density at radius 2 is 2.00 bits per heavy atom. The van der Waals surface area contributed by atoms with Crippen LogP contribution in [-0.4, -0.2) is 57.9 Å². The van der Waals surface area contributed by atoms with Gasteiger partial charge >= 0.3 is 5.97 Å². The van der Waals surface area contributed by atoms with E-state index in [-0.39, 0.29) is 6.42 Å². The van der Waals surface area contributed by atoms with Crippen molar-refractivity contribution in [2.75, 3.05) is 26.7 Å². The Bertz CT molecular complexity index is 1110. The van der Waals surface area contributed by atoms with Crippen molar-refractivity contribution >= 4 is 16.9 Å². The van der Waals surface area contributed by atoms with Crippen LogP contribution in [-0.2, 0) is 17.6 Å². The molecule has 192 valence electrons. The van der Waals surface area contributed by atoms with Crippen molar-refractivity contribution in [3.8, 4) is 5.75 Å². The topological polar surface area (TPSA) is 88.4 Å². The van der Waals surface area contributed by atoms with Gasteiger partial charge in [-0.05, 0) is 118 Å². The highest BCUT2D eigenvalue weighted by atomic mass is 16.5. The SMILES string of the molecule is COc1ccc2nccc(CCCC3CCN(CCCCc4cccnn4)CC3CCC(=O)O)c2c1. The second-order valence-corrected chi connectivity index (χ2v) is 9.96. The van der Waals surface area contributed by atoms with E-state index in [2.05, 4.69) is 32.2 Å². The molecule has 3 aromatic rings. The Morgan fingerprint density at radius 1 is 1.08 bits per heavy atom. The Labute approximate surface area is 213 Å². The molecule has 7 heteroatoms. The number of hydrogen-bond donors (Lipinski definition) is 1. The molecule has 1 fully saturated rings. The minimum atomic E-state index is -0.688. The number of aromatic nitrogens is 3. The number of aryl methyl sites for hydroxylation is 2. The normalized spacial score (nSPS) is 18.4. The van der Waals surface area contributed by atoms with Gasteiger partial charge in [-0.15, -0.1) is 0 Å². The van der Waals surface area contributed by atoms with E-state index >= 15 is 0 Å². The van der Waals surface area contributed by atoms with Gasteiger partial charge in [0.25, 0.3) is 0 Å². The first-order valence-electron chi connectivity index (χ1n) is 13.2. The van der Waals surface area contributed by atoms with E-state index in [0.717, 1.165) is 93.3 Å². The second kappa shape index (κ2) is 13.3. The van der Waals surface area contributed by atoms with Crippen molar-refractivity contribution in [2.24, 2.45) is 11.8 Å². The molecule has 1 aliphatic heterocycles. The van der Waals surface area contributed by atoms with Crippen molar-refractivity contribution in [1.29, 1.82) is 0 Å². The van der Waals surface area contributed by atoms with Crippen molar-refractivity contribution < 1.29 is 14.6 Å². The number of nitrogens with zero attached hydrogens (tertiary/aromatic N) is 4. The maximum Gasteiger partial charge on any atom is 0.303 e. The number of pyridine rings is 1. The number of unbranched alkanes of at least 4 members (excludes halogenated alkanes) is 1. The van der Waals surface area contributed by atoms with Gasteiger partial charge in [0.05, 0.1) is 18.3 Å². The number of hydrogen-bond acceptors (Lipinski definition) is 6. The van der Waals surface area contributed by atoms with E-state index in [4.69, 9.17) is 4.74 Å². The van der Waals surface area contributed by atoms with Crippen LogP contribution < -0.4 is 4.74 Å². The van der Waals surface area contributed by atoms with Gasteiger partial charge < -0.3 is 14.7 Å². The number of likely N-dealkylation sites (tertiary alicyclic amines) is 1. The predicted molar refractivity (Wildman–Crippen MR) is 141 cm³/mol. The molecule has 1 aromatic carbocycles. The summed E-state index contributed by atoms with van der Waals surface area (Å²) in [6.45, 7) is 3.19. The molecule has 0 amide bonds. The number of carbonyl (C=O) groups is 1. The number of methoxy groups -OCH3 is 1. The monoisotopic (exact) mass is 490 g/mol. The molecule has 7 nitrogen and oxygen atoms in total. The molecule has 1 N–H and O–H groups in total. The summed E-state index contributed by atoms with van der Waals surface area (Å²) in [5, 5.41) is 18.6. The van der Waals surface area contributed by atoms with Crippen LogP contribution in [0.1, 0.15) is 56.2 Å². The standard InChI is InChI=1S/C29H38N4O3/c1-36-26-11-12-28-27(20-26)23(14-17-30-28)7-4-6-22-15-19-33(21-24(22)10-13-29(34)35)18-3-2-8-25-9-5-16-31-32-25/h5,9,11-12,14,16-17,20,22,24H,2-4,6-8,10,13,15,18-19,21H2,1H3,(H,34,35). The van der Waals surface area contributed by atoms with Crippen LogP contribution in [0.3, 0.4) is 0 Å². The molecule has 0 spiro atoms. The van der Waals surface area contributed by atoms with E-state index in [1.807, 2.05) is 30.5 Å². The van der Waals surface area contributed by atoms with Crippen molar-refractivity contribution in [3.05, 3.63) is 60.0 Å². The molecule has 0 radical (unpaired) electrons. The average molecular weight is 491 g/mol. The van der Waals surface area contributed by atoms with Gasteiger partial charge in [-0.1, -0.05) is 0 Å². The number of fused-ring (bicyclic) bond motifs is 1. The maximum absolute atomic E-state index is 11.3. The lowest BCUT2D eigenvalue weighted by Crippen LogP contribution is -2.41. The number of carboxylic acids is 1. The van der Waals surface area contributed by atoms with Gasteiger partial charge in [0.1, 0.15) is 5.75 Å². The van der Waals surface area contributed by atoms with Crippen molar-refractivity contribution in [2.45, 2.75) is 57.8 Å². The fourth-order valence-corrected chi connectivity index (χ4v) is 5.57. The molecule has 1 saturated heterocycles. The smallest absolute Gasteiger partial charge is 0.303 e. The number of aliphatic carboxylic acids is 1. The molecule has 3 heterocycles. The lowest BCUT2D eigenvalue weighted by Gasteiger charge is -2.39. The zero-order valence-corrected chi connectivity index (χ0v) is 21.3. The van der Waals surface area contributed by atoms with Crippen LogP contribution in [0.4, 0.5) is 0 Å². The summed E-state index contributed by atoms with van der Waals surface area (Å²) in [6.07, 6.45) is 12.2. The van der Waals surface area contributed by atoms with Gasteiger partial charge in [-0.2, -0.15) is 10.2 Å². The summed E-state index contributed by atoms with van der Waals surface area (Å²) < 4.78 is 5.42. The average Bonchev–Trinajstić information content (AvgIpc) is 2.91. The molecule has 0 saturated carbocycles. The molecule has 4 rings (SSSR count). The fourth-order valence-electron chi connectivity index (χ4n) is 5.57. The number of ether oxygens (including phenoxy) is 1. The first-order valence-corrected chi connectivity index (χ1v) is 13.2. The first kappa shape index (κ1) is 26.0. The molecule has 2 unspecified atom stereocenters. The molecular formula is C29H38N4O3. The van der Waals surface area contributed by atoms with E-state index in [1.54, 1.807) is 13.3 Å². The highest BCUT2D eigenvalue weighted by Gasteiger charge is 2.29. The summed E-state index contributed by atoms with van der Waals surface area (Å²) in [5.41, 5.74) is 3.36. The maximum atomic E-state index is 11.3. The van der Waals surface area contributed by atoms with Gasteiger partial charge in [0.2, 0.25) is 0 Å². The van der Waals surface area contributed by atoms with E-state index in [9.17, 15) is 9.90 Å². The quantitative estimate of drug-likeness (QED) is 0.330. The Balaban J connectivity index is 1.28. The second-order valence-electron chi connectivity index (χ2n) is 9.96. The van der Waals surface area contributed by atoms with Crippen molar-refractivity contribution in [3.63, 3.8) is 0 Å². The molecule has 0 bridgehead atoms. The Kier molecular flexibility index (Phi) is 9.61. The third-order valence-corrected chi connectivity index (χ3v) is 7.55. The third kappa shape index (κ3) is 7.47. The fraction of sp³-hybridized carbons (Fsp3) is 0.517. The van der Waals surface area contributed by atoms with Gasteiger partial charge in [0.15, 0.2) is 0 Å². The highest BCUT2D eigenvalue weighted by Crippen LogP contribution is 2.32.